The van der Waals surface area contributed by atoms with Crippen LogP contribution in [0.4, 0.5) is 0 Å². The smallest absolute Gasteiger partial charge is 0.250 e. The van der Waals surface area contributed by atoms with Crippen molar-refractivity contribution in [3.8, 4) is 11.1 Å². The van der Waals surface area contributed by atoms with Gasteiger partial charge in [-0.2, -0.15) is 0 Å². The van der Waals surface area contributed by atoms with Crippen LogP contribution in [0.3, 0.4) is 0 Å². The average Bonchev–Trinajstić information content (AvgIpc) is 2.35. The van der Waals surface area contributed by atoms with Crippen LogP contribution in [0.2, 0.25) is 0 Å². The third-order valence-electron chi connectivity index (χ3n) is 2.21. The fourth-order valence-electron chi connectivity index (χ4n) is 1.36. The molecule has 2 rings (SSSR count). The highest BCUT2D eigenvalue weighted by Crippen LogP contribution is 2.15. The lowest BCUT2D eigenvalue weighted by Crippen LogP contribution is -2.13. The van der Waals surface area contributed by atoms with Crippen LogP contribution >= 0.6 is 0 Å². The number of hydrogen-bond donors (Lipinski definition) is 0. The zero-order chi connectivity index (χ0) is 12.7. The predicted molar refractivity (Wildman–Crippen MR) is 73.1 cm³/mol. The molecule has 1 aromatic heterocycles. The molecule has 0 aliphatic rings. The van der Waals surface area contributed by atoms with E-state index in [1.54, 1.807) is 23.9 Å². The van der Waals surface area contributed by atoms with E-state index in [0.29, 0.717) is 0 Å². The van der Waals surface area contributed by atoms with Crippen molar-refractivity contribution >= 4 is 0 Å². The number of rotatable bonds is 1. The van der Waals surface area contributed by atoms with Crippen molar-refractivity contribution < 1.29 is 0 Å². The van der Waals surface area contributed by atoms with E-state index in [-0.39, 0.29) is 5.56 Å². The Morgan fingerprint density at radius 1 is 1.00 bits per heavy atom. The first-order valence-electron chi connectivity index (χ1n) is 5.91. The summed E-state index contributed by atoms with van der Waals surface area (Å²) in [5.41, 5.74) is 2.06. The second kappa shape index (κ2) is 6.69. The number of nitrogens with zero attached hydrogens (tertiary/aromatic N) is 1. The molecular weight excluding hydrogens is 210 g/mol. The Hall–Kier alpha value is -1.83. The minimum atomic E-state index is 0.0198. The van der Waals surface area contributed by atoms with Gasteiger partial charge in [0.15, 0.2) is 0 Å². The Labute approximate surface area is 103 Å². The van der Waals surface area contributed by atoms with Crippen LogP contribution < -0.4 is 5.56 Å². The van der Waals surface area contributed by atoms with E-state index >= 15 is 0 Å². The average molecular weight is 229 g/mol. The van der Waals surface area contributed by atoms with Crippen molar-refractivity contribution in [2.75, 3.05) is 0 Å². The number of benzene rings is 1. The van der Waals surface area contributed by atoms with E-state index in [1.807, 2.05) is 36.4 Å². The summed E-state index contributed by atoms with van der Waals surface area (Å²) in [4.78, 5) is 11.4. The quantitative estimate of drug-likeness (QED) is 0.734. The van der Waals surface area contributed by atoms with Gasteiger partial charge in [-0.3, -0.25) is 4.79 Å². The molecule has 0 atom stereocenters. The molecule has 0 saturated carbocycles. The molecule has 0 unspecified atom stereocenters. The summed E-state index contributed by atoms with van der Waals surface area (Å²) < 4.78 is 1.56. The summed E-state index contributed by atoms with van der Waals surface area (Å²) in [7, 11) is 1.75. The van der Waals surface area contributed by atoms with Gasteiger partial charge in [0.1, 0.15) is 0 Å². The Bertz CT molecular complexity index is 500. The van der Waals surface area contributed by atoms with Crippen LogP contribution in [0, 0.1) is 0 Å². The summed E-state index contributed by atoms with van der Waals surface area (Å²) in [6.07, 6.45) is 3.03. The Kier molecular flexibility index (Phi) is 5.21. The lowest BCUT2D eigenvalue weighted by molar-refractivity contribution is 0.861. The summed E-state index contributed by atoms with van der Waals surface area (Å²) in [5, 5.41) is 0. The van der Waals surface area contributed by atoms with E-state index in [9.17, 15) is 4.79 Å². The van der Waals surface area contributed by atoms with Gasteiger partial charge in [0, 0.05) is 19.3 Å². The lowest BCUT2D eigenvalue weighted by Gasteiger charge is -2.01. The van der Waals surface area contributed by atoms with Gasteiger partial charge in [-0.05, 0) is 17.2 Å². The molecule has 0 bridgehead atoms. The first-order valence-corrected chi connectivity index (χ1v) is 5.91. The Balaban J connectivity index is 0.000000437. The molecule has 0 fully saturated rings. The van der Waals surface area contributed by atoms with Gasteiger partial charge < -0.3 is 4.57 Å². The molecule has 0 aliphatic heterocycles. The van der Waals surface area contributed by atoms with Crippen molar-refractivity contribution in [3.05, 3.63) is 59.0 Å². The molecule has 90 valence electrons. The van der Waals surface area contributed by atoms with Gasteiger partial charge >= 0.3 is 0 Å². The third-order valence-corrected chi connectivity index (χ3v) is 2.21. The number of hydrogen-bond acceptors (Lipinski definition) is 1. The van der Waals surface area contributed by atoms with Crippen LogP contribution in [0.5, 0.6) is 0 Å². The highest BCUT2D eigenvalue weighted by molar-refractivity contribution is 5.62. The maximum absolute atomic E-state index is 11.4. The molecule has 2 nitrogen and oxygen atoms in total. The van der Waals surface area contributed by atoms with Gasteiger partial charge in [-0.15, -0.1) is 0 Å². The molecule has 0 spiro atoms. The summed E-state index contributed by atoms with van der Waals surface area (Å²) >= 11 is 0. The highest BCUT2D eigenvalue weighted by atomic mass is 16.1. The Morgan fingerprint density at radius 2 is 1.59 bits per heavy atom. The molecule has 0 radical (unpaired) electrons. The van der Waals surface area contributed by atoms with Gasteiger partial charge in [0.2, 0.25) is 0 Å². The Morgan fingerprint density at radius 3 is 2.12 bits per heavy atom. The van der Waals surface area contributed by atoms with E-state index < -0.39 is 0 Å². The van der Waals surface area contributed by atoms with Crippen molar-refractivity contribution in [2.24, 2.45) is 7.05 Å². The summed E-state index contributed by atoms with van der Waals surface area (Å²) in [6.45, 7) is 4.25. The molecule has 2 aromatic rings. The van der Waals surface area contributed by atoms with Crippen LogP contribution in [-0.2, 0) is 7.05 Å². The van der Waals surface area contributed by atoms with E-state index in [2.05, 4.69) is 13.8 Å². The largest absolute Gasteiger partial charge is 0.319 e. The zero-order valence-electron chi connectivity index (χ0n) is 10.7. The molecule has 2 heteroatoms. The fourth-order valence-corrected chi connectivity index (χ4v) is 1.36. The van der Waals surface area contributed by atoms with Crippen LogP contribution in [-0.4, -0.2) is 4.57 Å². The molecule has 0 aliphatic carbocycles. The van der Waals surface area contributed by atoms with Crippen LogP contribution in [0.15, 0.2) is 53.5 Å². The molecule has 1 heterocycles. The number of pyridine rings is 1. The number of aromatic nitrogens is 1. The SMILES string of the molecule is CCC.Cn1ccc(-c2ccccc2)cc1=O. The molecule has 0 saturated heterocycles. The molecular formula is C15H19NO. The lowest BCUT2D eigenvalue weighted by atomic mass is 10.1. The molecule has 0 amide bonds. The van der Waals surface area contributed by atoms with Crippen molar-refractivity contribution in [2.45, 2.75) is 20.3 Å². The van der Waals surface area contributed by atoms with Crippen LogP contribution in [0.1, 0.15) is 20.3 Å². The maximum Gasteiger partial charge on any atom is 0.250 e. The fraction of sp³-hybridized carbons (Fsp3) is 0.267. The van der Waals surface area contributed by atoms with Crippen molar-refractivity contribution in [1.82, 2.24) is 4.57 Å². The third kappa shape index (κ3) is 3.91. The van der Waals surface area contributed by atoms with Gasteiger partial charge in [-0.1, -0.05) is 50.6 Å². The minimum Gasteiger partial charge on any atom is -0.319 e. The minimum absolute atomic E-state index is 0.0198. The van der Waals surface area contributed by atoms with Gasteiger partial charge in [-0.25, -0.2) is 0 Å². The van der Waals surface area contributed by atoms with Crippen LogP contribution in [0.25, 0.3) is 11.1 Å². The van der Waals surface area contributed by atoms with Crippen molar-refractivity contribution in [1.29, 1.82) is 0 Å². The molecule has 17 heavy (non-hydrogen) atoms. The summed E-state index contributed by atoms with van der Waals surface area (Å²) in [6, 6.07) is 13.5. The molecule has 1 aromatic carbocycles. The predicted octanol–water partition coefficient (Wildman–Crippen LogP) is 3.47. The maximum atomic E-state index is 11.4. The standard InChI is InChI=1S/C12H11NO.C3H8/c1-13-8-7-11(9-12(13)14)10-5-3-2-4-6-10;1-3-2/h2-9H,1H3;3H2,1-2H3. The van der Waals surface area contributed by atoms with Gasteiger partial charge in [0.05, 0.1) is 0 Å². The highest BCUT2D eigenvalue weighted by Gasteiger charge is 1.97. The monoisotopic (exact) mass is 229 g/mol. The first-order chi connectivity index (χ1) is 8.19. The summed E-state index contributed by atoms with van der Waals surface area (Å²) in [5.74, 6) is 0. The first kappa shape index (κ1) is 13.2. The van der Waals surface area contributed by atoms with E-state index in [1.165, 1.54) is 6.42 Å². The molecule has 0 N–H and O–H groups in total. The second-order valence-corrected chi connectivity index (χ2v) is 3.94. The van der Waals surface area contributed by atoms with E-state index in [0.717, 1.165) is 11.1 Å². The second-order valence-electron chi connectivity index (χ2n) is 3.94. The zero-order valence-corrected chi connectivity index (χ0v) is 10.7. The van der Waals surface area contributed by atoms with E-state index in [4.69, 9.17) is 0 Å². The number of aryl methyl sites for hydroxylation is 1. The van der Waals surface area contributed by atoms with Gasteiger partial charge in [0.25, 0.3) is 5.56 Å². The normalized spacial score (nSPS) is 9.35. The van der Waals surface area contributed by atoms with Crippen molar-refractivity contribution in [3.63, 3.8) is 0 Å². The topological polar surface area (TPSA) is 22.0 Å².